The molecule has 0 aromatic carbocycles. The van der Waals surface area contributed by atoms with E-state index in [1.165, 1.54) is 37.4 Å². The highest BCUT2D eigenvalue weighted by Gasteiger charge is 2.04. The number of unbranched alkanes of at least 4 members (excludes halogenated alkanes) is 3. The summed E-state index contributed by atoms with van der Waals surface area (Å²) in [6.07, 6.45) is 8.56. The zero-order chi connectivity index (χ0) is 10.1. The molecule has 0 rings (SSSR count). The lowest BCUT2D eigenvalue weighted by molar-refractivity contribution is 0.205. The van der Waals surface area contributed by atoms with E-state index in [4.69, 9.17) is 17.0 Å². The Morgan fingerprint density at radius 2 is 2.08 bits per heavy atom. The van der Waals surface area contributed by atoms with Gasteiger partial charge in [0, 0.05) is 0 Å². The predicted molar refractivity (Wildman–Crippen MR) is 65.4 cm³/mol. The van der Waals surface area contributed by atoms with Gasteiger partial charge in [0.15, 0.2) is 0 Å². The van der Waals surface area contributed by atoms with Gasteiger partial charge in [0.25, 0.3) is 0 Å². The van der Waals surface area contributed by atoms with Crippen LogP contribution < -0.4 is 0 Å². The highest BCUT2D eigenvalue weighted by Crippen LogP contribution is 2.11. The standard InChI is InChI=1S/C10H20OS2/c1-4-5-6-7-8-9(2)11-10(12)13-3/h9H,4-8H2,1-3H3/t9-/m1/s1. The number of thioether (sulfide) groups is 1. The van der Waals surface area contributed by atoms with Crippen molar-refractivity contribution in [3.8, 4) is 0 Å². The van der Waals surface area contributed by atoms with Gasteiger partial charge in [-0.3, -0.25) is 0 Å². The third-order valence-electron chi connectivity index (χ3n) is 1.93. The molecule has 3 heteroatoms. The molecular weight excluding hydrogens is 200 g/mol. The minimum absolute atomic E-state index is 0.289. The molecule has 0 radical (unpaired) electrons. The summed E-state index contributed by atoms with van der Waals surface area (Å²) in [7, 11) is 0. The van der Waals surface area contributed by atoms with Gasteiger partial charge < -0.3 is 4.74 Å². The minimum Gasteiger partial charge on any atom is -0.476 e. The maximum Gasteiger partial charge on any atom is 0.219 e. The molecule has 13 heavy (non-hydrogen) atoms. The largest absolute Gasteiger partial charge is 0.476 e. The molecule has 0 saturated carbocycles. The van der Waals surface area contributed by atoms with Crippen LogP contribution in [-0.4, -0.2) is 16.7 Å². The first kappa shape index (κ1) is 13.2. The molecule has 0 spiro atoms. The van der Waals surface area contributed by atoms with Crippen molar-refractivity contribution in [1.82, 2.24) is 0 Å². The van der Waals surface area contributed by atoms with Crippen molar-refractivity contribution in [3.63, 3.8) is 0 Å². The zero-order valence-corrected chi connectivity index (χ0v) is 10.5. The van der Waals surface area contributed by atoms with Crippen molar-refractivity contribution >= 4 is 28.4 Å². The van der Waals surface area contributed by atoms with E-state index in [9.17, 15) is 0 Å². The second-order valence-corrected chi connectivity index (χ2v) is 4.64. The van der Waals surface area contributed by atoms with Gasteiger partial charge in [0.2, 0.25) is 4.38 Å². The van der Waals surface area contributed by atoms with E-state index in [1.807, 2.05) is 6.26 Å². The van der Waals surface area contributed by atoms with Gasteiger partial charge in [-0.25, -0.2) is 0 Å². The number of hydrogen-bond donors (Lipinski definition) is 0. The molecule has 0 heterocycles. The van der Waals surface area contributed by atoms with E-state index >= 15 is 0 Å². The van der Waals surface area contributed by atoms with E-state index in [-0.39, 0.29) is 6.10 Å². The van der Waals surface area contributed by atoms with Gasteiger partial charge in [-0.2, -0.15) is 0 Å². The summed E-state index contributed by atoms with van der Waals surface area (Å²) in [5, 5.41) is 0. The lowest BCUT2D eigenvalue weighted by Gasteiger charge is -2.13. The number of ether oxygens (including phenoxy) is 1. The highest BCUT2D eigenvalue weighted by atomic mass is 32.2. The summed E-state index contributed by atoms with van der Waals surface area (Å²) in [6.45, 7) is 4.32. The number of thiocarbonyl (C=S) groups is 1. The van der Waals surface area contributed by atoms with Crippen LogP contribution in [0.15, 0.2) is 0 Å². The Bertz CT molecular complexity index is 137. The summed E-state index contributed by atoms with van der Waals surface area (Å²) < 4.78 is 6.14. The quantitative estimate of drug-likeness (QED) is 0.494. The second-order valence-electron chi connectivity index (χ2n) is 3.23. The number of hydrogen-bond acceptors (Lipinski definition) is 3. The van der Waals surface area contributed by atoms with Crippen molar-refractivity contribution in [2.24, 2.45) is 0 Å². The van der Waals surface area contributed by atoms with Crippen molar-refractivity contribution in [2.45, 2.75) is 52.1 Å². The smallest absolute Gasteiger partial charge is 0.219 e. The Labute approximate surface area is 91.6 Å². The fourth-order valence-corrected chi connectivity index (χ4v) is 1.55. The Hall–Kier alpha value is 0.240. The third kappa shape index (κ3) is 8.57. The fourth-order valence-electron chi connectivity index (χ4n) is 1.13. The average Bonchev–Trinajstić information content (AvgIpc) is 2.12. The molecule has 0 amide bonds. The highest BCUT2D eigenvalue weighted by molar-refractivity contribution is 8.22. The summed E-state index contributed by atoms with van der Waals surface area (Å²) in [4.78, 5) is 0. The molecule has 0 fully saturated rings. The Kier molecular flexibility index (Phi) is 8.98. The Balaban J connectivity index is 3.29. The van der Waals surface area contributed by atoms with Crippen LogP contribution in [0.25, 0.3) is 0 Å². The summed E-state index contributed by atoms with van der Waals surface area (Å²) in [5.41, 5.74) is 0. The van der Waals surface area contributed by atoms with Crippen LogP contribution in [-0.2, 0) is 4.74 Å². The molecule has 0 aliphatic rings. The molecule has 0 aliphatic heterocycles. The molecule has 0 aliphatic carbocycles. The SMILES string of the molecule is CCCCCC[C@@H](C)OC(=S)SC. The van der Waals surface area contributed by atoms with Crippen molar-refractivity contribution in [1.29, 1.82) is 0 Å². The van der Waals surface area contributed by atoms with Crippen LogP contribution in [0.4, 0.5) is 0 Å². The van der Waals surface area contributed by atoms with Crippen molar-refractivity contribution in [3.05, 3.63) is 0 Å². The van der Waals surface area contributed by atoms with Crippen LogP contribution in [0.2, 0.25) is 0 Å². The molecule has 78 valence electrons. The van der Waals surface area contributed by atoms with Crippen molar-refractivity contribution < 1.29 is 4.74 Å². The van der Waals surface area contributed by atoms with Crippen LogP contribution >= 0.6 is 24.0 Å². The predicted octanol–water partition coefficient (Wildman–Crippen LogP) is 4.01. The molecule has 0 aromatic rings. The molecule has 1 nitrogen and oxygen atoms in total. The second kappa shape index (κ2) is 8.82. The zero-order valence-electron chi connectivity index (χ0n) is 8.84. The van der Waals surface area contributed by atoms with E-state index in [0.29, 0.717) is 4.38 Å². The first-order valence-corrected chi connectivity index (χ1v) is 6.58. The fraction of sp³-hybridized carbons (Fsp3) is 0.900. The maximum atomic E-state index is 5.47. The first-order chi connectivity index (χ1) is 6.20. The number of rotatable bonds is 6. The van der Waals surface area contributed by atoms with Gasteiger partial charge in [0.05, 0.1) is 6.10 Å². The van der Waals surface area contributed by atoms with Crippen LogP contribution in [0, 0.1) is 0 Å². The Morgan fingerprint density at radius 3 is 2.62 bits per heavy atom. The molecule has 1 atom stereocenters. The van der Waals surface area contributed by atoms with Crippen LogP contribution in [0.5, 0.6) is 0 Å². The molecule has 0 saturated heterocycles. The van der Waals surface area contributed by atoms with E-state index in [2.05, 4.69) is 13.8 Å². The van der Waals surface area contributed by atoms with Crippen molar-refractivity contribution in [2.75, 3.05) is 6.26 Å². The van der Waals surface area contributed by atoms with Gasteiger partial charge >= 0.3 is 0 Å². The third-order valence-corrected chi connectivity index (χ3v) is 2.95. The molecule has 0 N–H and O–H groups in total. The summed E-state index contributed by atoms with van der Waals surface area (Å²) in [6, 6.07) is 0. The first-order valence-electron chi connectivity index (χ1n) is 4.95. The monoisotopic (exact) mass is 220 g/mol. The van der Waals surface area contributed by atoms with Gasteiger partial charge in [-0.1, -0.05) is 37.9 Å². The lowest BCUT2D eigenvalue weighted by Crippen LogP contribution is -2.10. The summed E-state index contributed by atoms with van der Waals surface area (Å²) in [5.74, 6) is 0. The van der Waals surface area contributed by atoms with Gasteiger partial charge in [-0.05, 0) is 38.2 Å². The van der Waals surface area contributed by atoms with Gasteiger partial charge in [-0.15, -0.1) is 0 Å². The maximum absolute atomic E-state index is 5.47. The Morgan fingerprint density at radius 1 is 1.38 bits per heavy atom. The van der Waals surface area contributed by atoms with Crippen LogP contribution in [0.1, 0.15) is 46.0 Å². The lowest BCUT2D eigenvalue weighted by atomic mass is 10.1. The normalized spacial score (nSPS) is 12.5. The minimum atomic E-state index is 0.289. The van der Waals surface area contributed by atoms with E-state index < -0.39 is 0 Å². The molecule has 0 bridgehead atoms. The van der Waals surface area contributed by atoms with Crippen LogP contribution in [0.3, 0.4) is 0 Å². The van der Waals surface area contributed by atoms with E-state index in [1.54, 1.807) is 0 Å². The van der Waals surface area contributed by atoms with Gasteiger partial charge in [0.1, 0.15) is 0 Å². The summed E-state index contributed by atoms with van der Waals surface area (Å²) >= 11 is 6.48. The topological polar surface area (TPSA) is 9.23 Å². The molecule has 0 unspecified atom stereocenters. The van der Waals surface area contributed by atoms with E-state index in [0.717, 1.165) is 6.42 Å². The average molecular weight is 220 g/mol. The molecule has 0 aromatic heterocycles. The molecular formula is C10H20OS2.